The van der Waals surface area contributed by atoms with Gasteiger partial charge in [-0.25, -0.2) is 4.79 Å². The van der Waals surface area contributed by atoms with E-state index in [0.29, 0.717) is 6.29 Å². The lowest BCUT2D eigenvalue weighted by atomic mass is 10.1. The lowest BCUT2D eigenvalue weighted by Crippen LogP contribution is -2.03. The van der Waals surface area contributed by atoms with E-state index in [1.807, 2.05) is 0 Å². The lowest BCUT2D eigenvalue weighted by molar-refractivity contribution is 0.0692. The number of hydrogen-bond acceptors (Lipinski definition) is 4. The highest BCUT2D eigenvalue weighted by atomic mass is 16.5. The Morgan fingerprint density at radius 1 is 1.33 bits per heavy atom. The minimum Gasteiger partial charge on any atom is -0.493 e. The van der Waals surface area contributed by atoms with Crippen LogP contribution in [0.5, 0.6) is 11.5 Å². The molecule has 0 aliphatic heterocycles. The van der Waals surface area contributed by atoms with Crippen molar-refractivity contribution in [2.75, 3.05) is 14.2 Å². The number of hydrogen-bond donors (Lipinski definition) is 1. The SMILES string of the molecule is COc1cc(C=O)cc(C(=O)O)c1OC. The van der Waals surface area contributed by atoms with E-state index in [1.165, 1.54) is 26.4 Å². The highest BCUT2D eigenvalue weighted by Gasteiger charge is 2.17. The summed E-state index contributed by atoms with van der Waals surface area (Å²) in [5.41, 5.74) is 0.129. The van der Waals surface area contributed by atoms with Crippen molar-refractivity contribution in [1.82, 2.24) is 0 Å². The molecule has 0 radical (unpaired) electrons. The van der Waals surface area contributed by atoms with Crippen molar-refractivity contribution in [3.05, 3.63) is 23.3 Å². The van der Waals surface area contributed by atoms with Crippen molar-refractivity contribution < 1.29 is 24.2 Å². The van der Waals surface area contributed by atoms with Crippen LogP contribution in [0.3, 0.4) is 0 Å². The van der Waals surface area contributed by atoms with Gasteiger partial charge in [0.1, 0.15) is 11.8 Å². The highest BCUT2D eigenvalue weighted by molar-refractivity contribution is 5.94. The van der Waals surface area contributed by atoms with Gasteiger partial charge in [-0.15, -0.1) is 0 Å². The van der Waals surface area contributed by atoms with Crippen molar-refractivity contribution in [1.29, 1.82) is 0 Å². The van der Waals surface area contributed by atoms with E-state index in [4.69, 9.17) is 14.6 Å². The molecule has 5 nitrogen and oxygen atoms in total. The Bertz CT molecular complexity index is 397. The average molecular weight is 210 g/mol. The van der Waals surface area contributed by atoms with Crippen molar-refractivity contribution in [2.24, 2.45) is 0 Å². The molecule has 1 rings (SSSR count). The van der Waals surface area contributed by atoms with Crippen LogP contribution in [0.2, 0.25) is 0 Å². The maximum atomic E-state index is 10.9. The summed E-state index contributed by atoms with van der Waals surface area (Å²) in [6.45, 7) is 0. The Morgan fingerprint density at radius 3 is 2.40 bits per heavy atom. The topological polar surface area (TPSA) is 72.8 Å². The Morgan fingerprint density at radius 2 is 2.00 bits per heavy atom. The summed E-state index contributed by atoms with van der Waals surface area (Å²) in [7, 11) is 2.71. The zero-order chi connectivity index (χ0) is 11.4. The van der Waals surface area contributed by atoms with Gasteiger partial charge >= 0.3 is 5.97 Å². The molecule has 0 atom stereocenters. The first-order chi connectivity index (χ1) is 7.13. The molecule has 80 valence electrons. The maximum Gasteiger partial charge on any atom is 0.339 e. The molecule has 0 unspecified atom stereocenters. The molecule has 15 heavy (non-hydrogen) atoms. The Kier molecular flexibility index (Phi) is 3.28. The molecule has 0 saturated carbocycles. The highest BCUT2D eigenvalue weighted by Crippen LogP contribution is 2.32. The summed E-state index contributed by atoms with van der Waals surface area (Å²) < 4.78 is 9.83. The van der Waals surface area contributed by atoms with E-state index in [9.17, 15) is 9.59 Å². The van der Waals surface area contributed by atoms with Crippen LogP contribution in [0.15, 0.2) is 12.1 Å². The molecule has 1 aromatic rings. The number of methoxy groups -OCH3 is 2. The minimum atomic E-state index is -1.17. The van der Waals surface area contributed by atoms with E-state index in [0.717, 1.165) is 0 Å². The molecule has 0 saturated heterocycles. The van der Waals surface area contributed by atoms with Crippen LogP contribution in [-0.4, -0.2) is 31.6 Å². The van der Waals surface area contributed by atoms with Crippen LogP contribution < -0.4 is 9.47 Å². The van der Waals surface area contributed by atoms with Crippen LogP contribution in [0.25, 0.3) is 0 Å². The van der Waals surface area contributed by atoms with Crippen molar-refractivity contribution in [3.63, 3.8) is 0 Å². The molecule has 0 aromatic heterocycles. The monoisotopic (exact) mass is 210 g/mol. The number of carbonyl (C=O) groups excluding carboxylic acids is 1. The standard InChI is InChI=1S/C10H10O5/c1-14-8-4-6(5-11)3-7(10(12)13)9(8)15-2/h3-5H,1-2H3,(H,12,13). The number of carbonyl (C=O) groups is 2. The lowest BCUT2D eigenvalue weighted by Gasteiger charge is -2.10. The summed E-state index contributed by atoms with van der Waals surface area (Å²) in [6.07, 6.45) is 0.550. The second-order valence-corrected chi connectivity index (χ2v) is 2.73. The summed E-state index contributed by atoms with van der Waals surface area (Å²) in [5.74, 6) is -0.844. The van der Waals surface area contributed by atoms with E-state index < -0.39 is 5.97 Å². The molecule has 1 N–H and O–H groups in total. The number of rotatable bonds is 4. The van der Waals surface area contributed by atoms with Gasteiger partial charge in [-0.1, -0.05) is 0 Å². The maximum absolute atomic E-state index is 10.9. The van der Waals surface area contributed by atoms with Gasteiger partial charge in [0.25, 0.3) is 0 Å². The molecule has 0 aliphatic rings. The summed E-state index contributed by atoms with van der Waals surface area (Å²) in [5, 5.41) is 8.89. The zero-order valence-electron chi connectivity index (χ0n) is 8.31. The quantitative estimate of drug-likeness (QED) is 0.756. The number of benzene rings is 1. The molecule has 0 bridgehead atoms. The molecule has 0 aliphatic carbocycles. The fraction of sp³-hybridized carbons (Fsp3) is 0.200. The minimum absolute atomic E-state index is 0.0982. The van der Waals surface area contributed by atoms with Gasteiger partial charge in [0.15, 0.2) is 11.5 Å². The number of carboxylic acid groups (broad SMARTS) is 1. The molecule has 5 heteroatoms. The van der Waals surface area contributed by atoms with Crippen LogP contribution in [-0.2, 0) is 0 Å². The van der Waals surface area contributed by atoms with Crippen LogP contribution in [0, 0.1) is 0 Å². The van der Waals surface area contributed by atoms with Gasteiger partial charge in [-0.05, 0) is 12.1 Å². The van der Waals surface area contributed by atoms with Crippen LogP contribution >= 0.6 is 0 Å². The van der Waals surface area contributed by atoms with Gasteiger partial charge in [-0.3, -0.25) is 4.79 Å². The fourth-order valence-electron chi connectivity index (χ4n) is 1.21. The number of aldehydes is 1. The van der Waals surface area contributed by atoms with Crippen LogP contribution in [0.4, 0.5) is 0 Å². The first-order valence-electron chi connectivity index (χ1n) is 4.08. The average Bonchev–Trinajstić information content (AvgIpc) is 2.26. The molecule has 0 spiro atoms. The molecule has 0 heterocycles. The number of aromatic carboxylic acids is 1. The van der Waals surface area contributed by atoms with Gasteiger partial charge in [0.05, 0.1) is 14.2 Å². The molecular formula is C10H10O5. The van der Waals surface area contributed by atoms with E-state index >= 15 is 0 Å². The summed E-state index contributed by atoms with van der Waals surface area (Å²) in [6, 6.07) is 2.65. The van der Waals surface area contributed by atoms with E-state index in [1.54, 1.807) is 0 Å². The largest absolute Gasteiger partial charge is 0.493 e. The Labute approximate surface area is 86.2 Å². The normalized spacial score (nSPS) is 9.47. The Hall–Kier alpha value is -2.04. The molecular weight excluding hydrogens is 200 g/mol. The summed E-state index contributed by atoms with van der Waals surface area (Å²) in [4.78, 5) is 21.4. The first-order valence-corrected chi connectivity index (χ1v) is 4.08. The number of ether oxygens (including phenoxy) is 2. The third-order valence-corrected chi connectivity index (χ3v) is 1.87. The van der Waals surface area contributed by atoms with Gasteiger partial charge in [-0.2, -0.15) is 0 Å². The van der Waals surface area contributed by atoms with Gasteiger partial charge in [0, 0.05) is 5.56 Å². The predicted octanol–water partition coefficient (Wildman–Crippen LogP) is 1.21. The number of carboxylic acids is 1. The first kappa shape index (κ1) is 11.0. The summed E-state index contributed by atoms with van der Waals surface area (Å²) >= 11 is 0. The third-order valence-electron chi connectivity index (χ3n) is 1.87. The molecule has 0 fully saturated rings. The van der Waals surface area contributed by atoms with E-state index in [2.05, 4.69) is 0 Å². The van der Waals surface area contributed by atoms with E-state index in [-0.39, 0.29) is 22.6 Å². The van der Waals surface area contributed by atoms with Gasteiger partial charge in [0.2, 0.25) is 0 Å². The predicted molar refractivity (Wildman–Crippen MR) is 51.9 cm³/mol. The van der Waals surface area contributed by atoms with Crippen molar-refractivity contribution in [2.45, 2.75) is 0 Å². The zero-order valence-corrected chi connectivity index (χ0v) is 8.31. The Balaban J connectivity index is 3.45. The third kappa shape index (κ3) is 2.07. The molecule has 1 aromatic carbocycles. The second kappa shape index (κ2) is 4.45. The smallest absolute Gasteiger partial charge is 0.339 e. The second-order valence-electron chi connectivity index (χ2n) is 2.73. The van der Waals surface area contributed by atoms with Crippen molar-refractivity contribution >= 4 is 12.3 Å². The molecule has 0 amide bonds. The van der Waals surface area contributed by atoms with Gasteiger partial charge < -0.3 is 14.6 Å². The van der Waals surface area contributed by atoms with Crippen LogP contribution in [0.1, 0.15) is 20.7 Å². The van der Waals surface area contributed by atoms with Crippen molar-refractivity contribution in [3.8, 4) is 11.5 Å². The fourth-order valence-corrected chi connectivity index (χ4v) is 1.21.